The quantitative estimate of drug-likeness (QED) is 0.734. The highest BCUT2D eigenvalue weighted by molar-refractivity contribution is 6.29. The van der Waals surface area contributed by atoms with Gasteiger partial charge in [0.2, 0.25) is 0 Å². The van der Waals surface area contributed by atoms with Crippen LogP contribution in [0.25, 0.3) is 5.65 Å². The lowest BCUT2D eigenvalue weighted by atomic mass is 10.2. The van der Waals surface area contributed by atoms with E-state index in [1.807, 2.05) is 0 Å². The first-order valence-electron chi connectivity index (χ1n) is 6.79. The molecule has 124 valence electrons. The van der Waals surface area contributed by atoms with Crippen LogP contribution in [-0.2, 0) is 12.7 Å². The molecule has 0 aliphatic carbocycles. The fourth-order valence-electron chi connectivity index (χ4n) is 2.19. The van der Waals surface area contributed by atoms with Gasteiger partial charge in [-0.15, -0.1) is 0 Å². The van der Waals surface area contributed by atoms with Gasteiger partial charge in [0.15, 0.2) is 5.69 Å². The van der Waals surface area contributed by atoms with Crippen molar-refractivity contribution in [1.29, 1.82) is 0 Å². The first-order valence-corrected chi connectivity index (χ1v) is 7.17. The van der Waals surface area contributed by atoms with E-state index in [-0.39, 0.29) is 17.3 Å². The molecule has 24 heavy (non-hydrogen) atoms. The van der Waals surface area contributed by atoms with Crippen molar-refractivity contribution in [3.8, 4) is 0 Å². The third-order valence-corrected chi connectivity index (χ3v) is 3.48. The SMILES string of the molecule is O=C(NCc1ccc(Cl)nc1)c1c(C(F)(F)F)nc2ccccn12. The molecule has 0 unspecified atom stereocenters. The molecule has 3 rings (SSSR count). The van der Waals surface area contributed by atoms with Crippen LogP contribution in [0.3, 0.4) is 0 Å². The number of alkyl halides is 3. The number of carbonyl (C=O) groups is 1. The second kappa shape index (κ2) is 6.12. The summed E-state index contributed by atoms with van der Waals surface area (Å²) in [6.45, 7) is 0.0143. The molecule has 0 aliphatic rings. The number of aromatic nitrogens is 3. The molecule has 0 fully saturated rings. The standard InChI is InChI=1S/C15H10ClF3N4O/c16-10-5-4-9(7-20-10)8-21-14(24)12-13(15(17,18)19)22-11-3-1-2-6-23(11)12/h1-7H,8H2,(H,21,24). The normalized spacial score (nSPS) is 11.7. The number of nitrogens with zero attached hydrogens (tertiary/aromatic N) is 3. The minimum atomic E-state index is -4.74. The Kier molecular flexibility index (Phi) is 4.15. The molecule has 0 radical (unpaired) electrons. The summed E-state index contributed by atoms with van der Waals surface area (Å²) in [5, 5.41) is 2.73. The zero-order valence-electron chi connectivity index (χ0n) is 12.0. The van der Waals surface area contributed by atoms with E-state index in [0.717, 1.165) is 4.40 Å². The molecule has 0 aliphatic heterocycles. The lowest BCUT2D eigenvalue weighted by Crippen LogP contribution is -2.27. The Morgan fingerprint density at radius 1 is 1.25 bits per heavy atom. The van der Waals surface area contributed by atoms with E-state index >= 15 is 0 Å². The van der Waals surface area contributed by atoms with Crippen LogP contribution in [0.5, 0.6) is 0 Å². The van der Waals surface area contributed by atoms with Crippen molar-refractivity contribution < 1.29 is 18.0 Å². The maximum absolute atomic E-state index is 13.2. The van der Waals surface area contributed by atoms with Gasteiger partial charge in [-0.1, -0.05) is 23.7 Å². The number of halogens is 4. The van der Waals surface area contributed by atoms with Crippen molar-refractivity contribution >= 4 is 23.2 Å². The van der Waals surface area contributed by atoms with Crippen molar-refractivity contribution in [1.82, 2.24) is 19.7 Å². The maximum Gasteiger partial charge on any atom is 0.435 e. The summed E-state index contributed by atoms with van der Waals surface area (Å²) in [6, 6.07) is 7.61. The Balaban J connectivity index is 1.92. The Morgan fingerprint density at radius 3 is 2.71 bits per heavy atom. The minimum Gasteiger partial charge on any atom is -0.347 e. The smallest absolute Gasteiger partial charge is 0.347 e. The number of fused-ring (bicyclic) bond motifs is 1. The number of hydrogen-bond acceptors (Lipinski definition) is 3. The molecule has 0 bridgehead atoms. The summed E-state index contributed by atoms with van der Waals surface area (Å²) in [6.07, 6.45) is -1.95. The molecule has 3 heterocycles. The summed E-state index contributed by atoms with van der Waals surface area (Å²) in [4.78, 5) is 19.7. The molecule has 9 heteroatoms. The number of imidazole rings is 1. The summed E-state index contributed by atoms with van der Waals surface area (Å²) in [7, 11) is 0. The largest absolute Gasteiger partial charge is 0.435 e. The number of hydrogen-bond donors (Lipinski definition) is 1. The van der Waals surface area contributed by atoms with Crippen LogP contribution in [-0.4, -0.2) is 20.3 Å². The summed E-state index contributed by atoms with van der Waals surface area (Å²) < 4.78 is 40.6. The van der Waals surface area contributed by atoms with Crippen molar-refractivity contribution in [2.75, 3.05) is 0 Å². The van der Waals surface area contributed by atoms with Gasteiger partial charge in [0.25, 0.3) is 5.91 Å². The van der Waals surface area contributed by atoms with Crippen LogP contribution in [0.2, 0.25) is 5.15 Å². The molecular formula is C15H10ClF3N4O. The van der Waals surface area contributed by atoms with Crippen molar-refractivity contribution in [2.24, 2.45) is 0 Å². The van der Waals surface area contributed by atoms with E-state index < -0.39 is 23.5 Å². The third-order valence-electron chi connectivity index (χ3n) is 3.26. The Hall–Kier alpha value is -2.61. The Bertz CT molecular complexity index is 890. The van der Waals surface area contributed by atoms with E-state index in [4.69, 9.17) is 11.6 Å². The lowest BCUT2D eigenvalue weighted by molar-refractivity contribution is -0.141. The van der Waals surface area contributed by atoms with E-state index in [0.29, 0.717) is 5.56 Å². The molecule has 0 saturated carbocycles. The molecule has 1 N–H and O–H groups in total. The maximum atomic E-state index is 13.2. The molecule has 3 aromatic heterocycles. The number of pyridine rings is 2. The second-order valence-corrected chi connectivity index (χ2v) is 5.29. The van der Waals surface area contributed by atoms with Gasteiger partial charge >= 0.3 is 6.18 Å². The summed E-state index contributed by atoms with van der Waals surface area (Å²) in [5.74, 6) is -0.879. The molecule has 5 nitrogen and oxygen atoms in total. The summed E-state index contributed by atoms with van der Waals surface area (Å²) in [5.41, 5.74) is -1.13. The zero-order chi connectivity index (χ0) is 17.3. The Morgan fingerprint density at radius 2 is 2.04 bits per heavy atom. The van der Waals surface area contributed by atoms with E-state index in [2.05, 4.69) is 15.3 Å². The van der Waals surface area contributed by atoms with Crippen LogP contribution in [0, 0.1) is 0 Å². The van der Waals surface area contributed by atoms with E-state index in [1.54, 1.807) is 12.1 Å². The zero-order valence-corrected chi connectivity index (χ0v) is 12.8. The minimum absolute atomic E-state index is 0.0143. The van der Waals surface area contributed by atoms with Crippen molar-refractivity contribution in [3.63, 3.8) is 0 Å². The predicted molar refractivity (Wildman–Crippen MR) is 80.6 cm³/mol. The highest BCUT2D eigenvalue weighted by Crippen LogP contribution is 2.31. The first kappa shape index (κ1) is 16.3. The monoisotopic (exact) mass is 354 g/mol. The van der Waals surface area contributed by atoms with Crippen LogP contribution in [0.15, 0.2) is 42.7 Å². The van der Waals surface area contributed by atoms with Gasteiger partial charge in [0.1, 0.15) is 16.5 Å². The fraction of sp³-hybridized carbons (Fsp3) is 0.133. The van der Waals surface area contributed by atoms with Gasteiger partial charge in [-0.2, -0.15) is 13.2 Å². The first-order chi connectivity index (χ1) is 11.4. The van der Waals surface area contributed by atoms with Gasteiger partial charge in [-0.25, -0.2) is 9.97 Å². The Labute approximate surface area is 139 Å². The molecule has 0 spiro atoms. The summed E-state index contributed by atoms with van der Waals surface area (Å²) >= 11 is 5.66. The number of rotatable bonds is 3. The van der Waals surface area contributed by atoms with Crippen LogP contribution in [0.1, 0.15) is 21.7 Å². The van der Waals surface area contributed by atoms with Gasteiger partial charge in [0, 0.05) is 18.9 Å². The average molecular weight is 355 g/mol. The molecular weight excluding hydrogens is 345 g/mol. The van der Waals surface area contributed by atoms with Crippen LogP contribution in [0.4, 0.5) is 13.2 Å². The molecule has 3 aromatic rings. The third kappa shape index (κ3) is 3.18. The van der Waals surface area contributed by atoms with Crippen molar-refractivity contribution in [3.05, 3.63) is 64.8 Å². The highest BCUT2D eigenvalue weighted by atomic mass is 35.5. The number of nitrogens with one attached hydrogen (secondary N) is 1. The van der Waals surface area contributed by atoms with Gasteiger partial charge in [-0.05, 0) is 23.8 Å². The van der Waals surface area contributed by atoms with Crippen LogP contribution >= 0.6 is 11.6 Å². The van der Waals surface area contributed by atoms with Gasteiger partial charge < -0.3 is 5.32 Å². The van der Waals surface area contributed by atoms with Crippen molar-refractivity contribution in [2.45, 2.75) is 12.7 Å². The van der Waals surface area contributed by atoms with Crippen LogP contribution < -0.4 is 5.32 Å². The molecule has 1 amide bonds. The molecule has 0 atom stereocenters. The lowest BCUT2D eigenvalue weighted by Gasteiger charge is -2.09. The number of carbonyl (C=O) groups excluding carboxylic acids is 1. The van der Waals surface area contributed by atoms with Gasteiger partial charge in [-0.3, -0.25) is 9.20 Å². The molecule has 0 aromatic carbocycles. The molecule has 0 saturated heterocycles. The average Bonchev–Trinajstić information content (AvgIpc) is 2.94. The second-order valence-electron chi connectivity index (χ2n) is 4.91. The van der Waals surface area contributed by atoms with Gasteiger partial charge in [0.05, 0.1) is 0 Å². The highest BCUT2D eigenvalue weighted by Gasteiger charge is 2.40. The fourth-order valence-corrected chi connectivity index (χ4v) is 2.30. The van der Waals surface area contributed by atoms with E-state index in [1.165, 1.54) is 30.6 Å². The predicted octanol–water partition coefficient (Wildman–Crippen LogP) is 3.33. The van der Waals surface area contributed by atoms with E-state index in [9.17, 15) is 18.0 Å². The number of amides is 1. The topological polar surface area (TPSA) is 59.3 Å².